The van der Waals surface area contributed by atoms with E-state index < -0.39 is 16.1 Å². The fourth-order valence-corrected chi connectivity index (χ4v) is 4.72. The zero-order chi connectivity index (χ0) is 18.9. The summed E-state index contributed by atoms with van der Waals surface area (Å²) in [6.07, 6.45) is 2.62. The van der Waals surface area contributed by atoms with Gasteiger partial charge in [-0.1, -0.05) is 24.3 Å². The van der Waals surface area contributed by atoms with E-state index in [1.807, 2.05) is 36.4 Å². The van der Waals surface area contributed by atoms with Gasteiger partial charge in [0.1, 0.15) is 6.61 Å². The molecule has 7 heteroatoms. The number of nitrogens with zero attached hydrogens (tertiary/aromatic N) is 1. The predicted molar refractivity (Wildman–Crippen MR) is 102 cm³/mol. The highest BCUT2D eigenvalue weighted by molar-refractivity contribution is 7.89. The number of carbonyl (C=O) groups is 1. The molecule has 1 aliphatic carbocycles. The summed E-state index contributed by atoms with van der Waals surface area (Å²) < 4.78 is 33.4. The van der Waals surface area contributed by atoms with Crippen molar-refractivity contribution in [2.75, 3.05) is 24.6 Å². The molecule has 1 N–H and O–H groups in total. The van der Waals surface area contributed by atoms with Crippen LogP contribution in [0.15, 0.2) is 53.4 Å². The third-order valence-corrected chi connectivity index (χ3v) is 6.50. The van der Waals surface area contributed by atoms with Crippen molar-refractivity contribution < 1.29 is 17.9 Å². The maximum absolute atomic E-state index is 12.6. The minimum absolute atomic E-state index is 0.0554. The number of fused-ring (bicyclic) bond motifs is 1. The SMILES string of the molecule is O=C1COC(CNS(=O)(=O)c2ccc3c(c2)CCC3)CN1c1ccccc1. The molecule has 2 aliphatic rings. The van der Waals surface area contributed by atoms with E-state index in [0.717, 1.165) is 30.5 Å². The van der Waals surface area contributed by atoms with Crippen LogP contribution in [-0.4, -0.2) is 40.1 Å². The molecule has 142 valence electrons. The Hall–Kier alpha value is -2.22. The summed E-state index contributed by atoms with van der Waals surface area (Å²) in [5.74, 6) is -0.126. The topological polar surface area (TPSA) is 75.7 Å². The Labute approximate surface area is 159 Å². The molecule has 6 nitrogen and oxygen atoms in total. The Kier molecular flexibility index (Phi) is 4.99. The third-order valence-electron chi connectivity index (χ3n) is 5.08. The first kappa shape index (κ1) is 18.2. The van der Waals surface area contributed by atoms with Gasteiger partial charge in [0, 0.05) is 12.2 Å². The Morgan fingerprint density at radius 3 is 2.67 bits per heavy atom. The Balaban J connectivity index is 1.42. The third kappa shape index (κ3) is 3.90. The van der Waals surface area contributed by atoms with E-state index in [1.165, 1.54) is 5.56 Å². The van der Waals surface area contributed by atoms with Crippen molar-refractivity contribution in [3.05, 3.63) is 59.7 Å². The first-order valence-corrected chi connectivity index (χ1v) is 10.6. The largest absolute Gasteiger partial charge is 0.365 e. The number of nitrogens with one attached hydrogen (secondary N) is 1. The van der Waals surface area contributed by atoms with Crippen LogP contribution in [0.1, 0.15) is 17.5 Å². The van der Waals surface area contributed by atoms with Gasteiger partial charge >= 0.3 is 0 Å². The van der Waals surface area contributed by atoms with E-state index in [4.69, 9.17) is 4.74 Å². The molecular weight excluding hydrogens is 364 g/mol. The van der Waals surface area contributed by atoms with Crippen molar-refractivity contribution in [1.29, 1.82) is 0 Å². The fraction of sp³-hybridized carbons (Fsp3) is 0.350. The highest BCUT2D eigenvalue weighted by Crippen LogP contribution is 2.25. The average Bonchev–Trinajstić information content (AvgIpc) is 3.16. The molecule has 1 fully saturated rings. The molecule has 1 atom stereocenters. The number of hydrogen-bond acceptors (Lipinski definition) is 4. The van der Waals surface area contributed by atoms with Crippen LogP contribution in [0.25, 0.3) is 0 Å². The Morgan fingerprint density at radius 2 is 1.85 bits per heavy atom. The van der Waals surface area contributed by atoms with Crippen molar-refractivity contribution >= 4 is 21.6 Å². The Morgan fingerprint density at radius 1 is 1.07 bits per heavy atom. The first-order valence-electron chi connectivity index (χ1n) is 9.11. The molecule has 0 spiro atoms. The van der Waals surface area contributed by atoms with Crippen LogP contribution in [0.2, 0.25) is 0 Å². The van der Waals surface area contributed by atoms with Crippen LogP contribution in [0.3, 0.4) is 0 Å². The lowest BCUT2D eigenvalue weighted by molar-refractivity contribution is -0.129. The maximum atomic E-state index is 12.6. The summed E-state index contributed by atoms with van der Waals surface area (Å²) in [6, 6.07) is 14.7. The molecule has 1 saturated heterocycles. The molecule has 0 aromatic heterocycles. The number of carbonyl (C=O) groups excluding carboxylic acids is 1. The second-order valence-electron chi connectivity index (χ2n) is 6.91. The summed E-state index contributed by atoms with van der Waals surface area (Å²) in [4.78, 5) is 14.1. The van der Waals surface area contributed by atoms with Crippen molar-refractivity contribution in [3.8, 4) is 0 Å². The molecule has 1 aliphatic heterocycles. The van der Waals surface area contributed by atoms with Crippen LogP contribution in [0, 0.1) is 0 Å². The molecule has 27 heavy (non-hydrogen) atoms. The van der Waals surface area contributed by atoms with Crippen LogP contribution >= 0.6 is 0 Å². The van der Waals surface area contributed by atoms with Gasteiger partial charge in [-0.15, -0.1) is 0 Å². The second-order valence-corrected chi connectivity index (χ2v) is 8.68. The summed E-state index contributed by atoms with van der Waals surface area (Å²) in [5.41, 5.74) is 3.14. The summed E-state index contributed by atoms with van der Waals surface area (Å²) in [7, 11) is -3.61. The minimum atomic E-state index is -3.61. The fourth-order valence-electron chi connectivity index (χ4n) is 3.61. The number of benzene rings is 2. The number of aryl methyl sites for hydroxylation is 2. The van der Waals surface area contributed by atoms with E-state index >= 15 is 0 Å². The smallest absolute Gasteiger partial charge is 0.253 e. The lowest BCUT2D eigenvalue weighted by atomic mass is 10.1. The molecule has 0 radical (unpaired) electrons. The highest BCUT2D eigenvalue weighted by atomic mass is 32.2. The predicted octanol–water partition coefficient (Wildman–Crippen LogP) is 1.89. The summed E-state index contributed by atoms with van der Waals surface area (Å²) >= 11 is 0. The zero-order valence-electron chi connectivity index (χ0n) is 14.9. The number of rotatable bonds is 5. The molecular formula is C20H22N2O4S. The van der Waals surface area contributed by atoms with Crippen molar-refractivity contribution in [2.45, 2.75) is 30.3 Å². The quantitative estimate of drug-likeness (QED) is 0.851. The monoisotopic (exact) mass is 386 g/mol. The Bertz CT molecular complexity index is 944. The standard InChI is InChI=1S/C20H22N2O4S/c23-20-14-26-18(13-22(20)17-7-2-1-3-8-17)12-21-27(24,25)19-10-9-15-5-4-6-16(15)11-19/h1-3,7-11,18,21H,4-6,12-14H2. The molecule has 1 heterocycles. The van der Waals surface area contributed by atoms with Gasteiger partial charge in [-0.25, -0.2) is 13.1 Å². The second kappa shape index (κ2) is 7.42. The van der Waals surface area contributed by atoms with E-state index in [1.54, 1.807) is 17.0 Å². The first-order chi connectivity index (χ1) is 13.0. The van der Waals surface area contributed by atoms with Gasteiger partial charge in [-0.3, -0.25) is 4.79 Å². The molecule has 0 bridgehead atoms. The van der Waals surface area contributed by atoms with Crippen molar-refractivity contribution in [1.82, 2.24) is 4.72 Å². The van der Waals surface area contributed by atoms with Gasteiger partial charge in [0.05, 0.1) is 17.5 Å². The minimum Gasteiger partial charge on any atom is -0.365 e. The van der Waals surface area contributed by atoms with Crippen molar-refractivity contribution in [3.63, 3.8) is 0 Å². The molecule has 2 aromatic carbocycles. The number of anilines is 1. The highest BCUT2D eigenvalue weighted by Gasteiger charge is 2.28. The van der Waals surface area contributed by atoms with Crippen LogP contribution in [0.4, 0.5) is 5.69 Å². The van der Waals surface area contributed by atoms with E-state index in [9.17, 15) is 13.2 Å². The zero-order valence-corrected chi connectivity index (χ0v) is 15.7. The van der Waals surface area contributed by atoms with Gasteiger partial charge in [-0.05, 0) is 54.7 Å². The van der Waals surface area contributed by atoms with Crippen molar-refractivity contribution in [2.24, 2.45) is 0 Å². The maximum Gasteiger partial charge on any atom is 0.253 e. The summed E-state index contributed by atoms with van der Waals surface area (Å²) in [6.45, 7) is 0.381. The van der Waals surface area contributed by atoms with Crippen LogP contribution in [0.5, 0.6) is 0 Å². The number of sulfonamides is 1. The van der Waals surface area contributed by atoms with Gasteiger partial charge in [0.2, 0.25) is 10.0 Å². The number of amides is 1. The number of ether oxygens (including phenoxy) is 1. The van der Waals surface area contributed by atoms with Gasteiger partial charge in [0.25, 0.3) is 5.91 Å². The number of para-hydroxylation sites is 1. The summed E-state index contributed by atoms with van der Waals surface area (Å²) in [5, 5.41) is 0. The molecule has 1 amide bonds. The molecule has 0 saturated carbocycles. The average molecular weight is 386 g/mol. The van der Waals surface area contributed by atoms with E-state index in [0.29, 0.717) is 6.54 Å². The van der Waals surface area contributed by atoms with Crippen LogP contribution in [-0.2, 0) is 32.4 Å². The normalized spacial score (nSPS) is 19.9. The molecule has 1 unspecified atom stereocenters. The lowest BCUT2D eigenvalue weighted by Crippen LogP contribution is -2.50. The number of morpholine rings is 1. The van der Waals surface area contributed by atoms with Gasteiger partial charge in [0.15, 0.2) is 0 Å². The van der Waals surface area contributed by atoms with E-state index in [-0.39, 0.29) is 24.0 Å². The molecule has 4 rings (SSSR count). The molecule has 2 aromatic rings. The van der Waals surface area contributed by atoms with Gasteiger partial charge < -0.3 is 9.64 Å². The number of hydrogen-bond donors (Lipinski definition) is 1. The van der Waals surface area contributed by atoms with Crippen LogP contribution < -0.4 is 9.62 Å². The lowest BCUT2D eigenvalue weighted by Gasteiger charge is -2.32. The van der Waals surface area contributed by atoms with Gasteiger partial charge in [-0.2, -0.15) is 0 Å². The van der Waals surface area contributed by atoms with E-state index in [2.05, 4.69) is 4.72 Å².